The molecular formula is C20H15N2O5S2. The van der Waals surface area contributed by atoms with E-state index in [1.807, 2.05) is 30.3 Å². The van der Waals surface area contributed by atoms with Crippen LogP contribution in [0.3, 0.4) is 0 Å². The standard InChI is InChI=1S/C20H15N2O5S2/c1-28(23,24)19-14-8-7-13-18(19)27-29(25,26)22-17-12-6-5-11-16(17)20(21-22)15-9-3-2-4-10-15/h2-4,6-14H,1H3. The molecule has 0 amide bonds. The molecule has 0 saturated heterocycles. The first-order valence-electron chi connectivity index (χ1n) is 8.46. The summed E-state index contributed by atoms with van der Waals surface area (Å²) in [6.45, 7) is 0. The molecule has 4 rings (SSSR count). The van der Waals surface area contributed by atoms with Crippen molar-refractivity contribution in [3.05, 3.63) is 78.9 Å². The lowest BCUT2D eigenvalue weighted by atomic mass is 10.1. The third-order valence-electron chi connectivity index (χ3n) is 4.20. The lowest BCUT2D eigenvalue weighted by Gasteiger charge is -2.10. The molecule has 3 aromatic carbocycles. The van der Waals surface area contributed by atoms with E-state index in [-0.39, 0.29) is 10.6 Å². The average Bonchev–Trinajstić information content (AvgIpc) is 3.09. The summed E-state index contributed by atoms with van der Waals surface area (Å²) in [5, 5.41) is 4.83. The summed E-state index contributed by atoms with van der Waals surface area (Å²) < 4.78 is 55.9. The normalized spacial score (nSPS) is 12.2. The first-order valence-corrected chi connectivity index (χ1v) is 11.7. The Labute approximate surface area is 168 Å². The van der Waals surface area contributed by atoms with E-state index in [1.165, 1.54) is 24.3 Å². The van der Waals surface area contributed by atoms with Crippen LogP contribution in [-0.2, 0) is 20.1 Å². The number of para-hydroxylation sites is 1. The highest BCUT2D eigenvalue weighted by Gasteiger charge is 2.26. The molecule has 0 spiro atoms. The molecule has 0 aliphatic carbocycles. The molecule has 0 atom stereocenters. The summed E-state index contributed by atoms with van der Waals surface area (Å²) in [5.74, 6) is -0.289. The Bertz CT molecular complexity index is 1410. The molecule has 1 radical (unpaired) electrons. The first kappa shape index (κ1) is 19.2. The van der Waals surface area contributed by atoms with Crippen LogP contribution >= 0.6 is 0 Å². The molecule has 147 valence electrons. The molecule has 9 heteroatoms. The average molecular weight is 427 g/mol. The second kappa shape index (κ2) is 7.02. The van der Waals surface area contributed by atoms with Crippen LogP contribution in [0.15, 0.2) is 77.7 Å². The monoisotopic (exact) mass is 427 g/mol. The van der Waals surface area contributed by atoms with Crippen molar-refractivity contribution in [2.24, 2.45) is 0 Å². The molecule has 4 aromatic rings. The molecule has 0 fully saturated rings. The lowest BCUT2D eigenvalue weighted by molar-refractivity contribution is 0.465. The van der Waals surface area contributed by atoms with Crippen molar-refractivity contribution in [2.75, 3.05) is 6.26 Å². The van der Waals surface area contributed by atoms with Gasteiger partial charge in [0.15, 0.2) is 15.6 Å². The highest BCUT2D eigenvalue weighted by atomic mass is 32.2. The molecule has 29 heavy (non-hydrogen) atoms. The number of fused-ring (bicyclic) bond motifs is 1. The number of aromatic nitrogens is 2. The van der Waals surface area contributed by atoms with Crippen LogP contribution in [-0.4, -0.2) is 32.3 Å². The number of rotatable bonds is 5. The topological polar surface area (TPSA) is 95.3 Å². The van der Waals surface area contributed by atoms with Gasteiger partial charge in [0.2, 0.25) is 0 Å². The zero-order valence-electron chi connectivity index (χ0n) is 15.2. The van der Waals surface area contributed by atoms with Gasteiger partial charge in [-0.3, -0.25) is 0 Å². The number of nitrogens with zero attached hydrogens (tertiary/aromatic N) is 2. The van der Waals surface area contributed by atoms with E-state index in [1.54, 1.807) is 18.2 Å². The van der Waals surface area contributed by atoms with E-state index >= 15 is 0 Å². The van der Waals surface area contributed by atoms with E-state index in [9.17, 15) is 16.8 Å². The number of benzene rings is 3. The van der Waals surface area contributed by atoms with Gasteiger partial charge in [0.25, 0.3) is 0 Å². The minimum absolute atomic E-state index is 0.225. The predicted molar refractivity (Wildman–Crippen MR) is 109 cm³/mol. The molecule has 0 aliphatic heterocycles. The van der Waals surface area contributed by atoms with Gasteiger partial charge in [-0.05, 0) is 30.3 Å². The Morgan fingerprint density at radius 2 is 1.62 bits per heavy atom. The van der Waals surface area contributed by atoms with Crippen LogP contribution in [0.25, 0.3) is 22.2 Å². The van der Waals surface area contributed by atoms with Gasteiger partial charge >= 0.3 is 10.3 Å². The smallest absolute Gasteiger partial charge is 0.364 e. The Kier molecular flexibility index (Phi) is 4.64. The Hall–Kier alpha value is -3.17. The highest BCUT2D eigenvalue weighted by Crippen LogP contribution is 2.30. The summed E-state index contributed by atoms with van der Waals surface area (Å²) in [6.07, 6.45) is 0.981. The van der Waals surface area contributed by atoms with Gasteiger partial charge in [0.05, 0.1) is 5.52 Å². The van der Waals surface area contributed by atoms with Crippen LogP contribution in [0.4, 0.5) is 0 Å². The van der Waals surface area contributed by atoms with Crippen molar-refractivity contribution in [3.8, 4) is 17.0 Å². The molecule has 0 saturated carbocycles. The molecular weight excluding hydrogens is 412 g/mol. The minimum atomic E-state index is -4.48. The molecule has 0 bridgehead atoms. The lowest BCUT2D eigenvalue weighted by Crippen LogP contribution is -2.21. The fourth-order valence-electron chi connectivity index (χ4n) is 2.93. The maximum absolute atomic E-state index is 13.0. The second-order valence-electron chi connectivity index (χ2n) is 6.26. The second-order valence-corrected chi connectivity index (χ2v) is 9.61. The van der Waals surface area contributed by atoms with E-state index in [0.29, 0.717) is 16.6 Å². The Morgan fingerprint density at radius 3 is 2.34 bits per heavy atom. The van der Waals surface area contributed by atoms with Crippen molar-refractivity contribution >= 4 is 31.0 Å². The van der Waals surface area contributed by atoms with Crippen molar-refractivity contribution in [1.82, 2.24) is 9.19 Å². The minimum Gasteiger partial charge on any atom is -0.364 e. The summed E-state index contributed by atoms with van der Waals surface area (Å²) in [7, 11) is -8.18. The first-order chi connectivity index (χ1) is 13.8. The summed E-state index contributed by atoms with van der Waals surface area (Å²) >= 11 is 0. The van der Waals surface area contributed by atoms with Crippen molar-refractivity contribution in [3.63, 3.8) is 0 Å². The number of hydrogen-bond donors (Lipinski definition) is 0. The van der Waals surface area contributed by atoms with Gasteiger partial charge in [-0.1, -0.05) is 48.5 Å². The molecule has 7 nitrogen and oxygen atoms in total. The van der Waals surface area contributed by atoms with Crippen LogP contribution < -0.4 is 4.18 Å². The number of hydrogen-bond acceptors (Lipinski definition) is 6. The fourth-order valence-corrected chi connectivity index (χ4v) is 4.81. The molecule has 1 aromatic heterocycles. The largest absolute Gasteiger partial charge is 0.429 e. The SMILES string of the molecule is CS(=O)(=O)c1ccccc1OS(=O)(=O)n1nc(-c2ccccc2)c2c[c]ccc21. The van der Waals surface area contributed by atoms with Gasteiger partial charge in [-0.25, -0.2) is 8.42 Å². The fraction of sp³-hybridized carbons (Fsp3) is 0.0500. The molecule has 0 aliphatic rings. The zero-order chi connectivity index (χ0) is 20.6. The van der Waals surface area contributed by atoms with Crippen molar-refractivity contribution in [2.45, 2.75) is 4.90 Å². The summed E-state index contributed by atoms with van der Waals surface area (Å²) in [6, 6.07) is 22.3. The van der Waals surface area contributed by atoms with Gasteiger partial charge in [-0.15, -0.1) is 4.09 Å². The van der Waals surface area contributed by atoms with Crippen LogP contribution in [0.2, 0.25) is 0 Å². The summed E-state index contributed by atoms with van der Waals surface area (Å²) in [5.41, 5.74) is 1.46. The van der Waals surface area contributed by atoms with E-state index in [2.05, 4.69) is 11.2 Å². The van der Waals surface area contributed by atoms with Gasteiger partial charge in [0.1, 0.15) is 10.6 Å². The third kappa shape index (κ3) is 3.62. The zero-order valence-corrected chi connectivity index (χ0v) is 16.8. The van der Waals surface area contributed by atoms with Crippen molar-refractivity contribution in [1.29, 1.82) is 0 Å². The third-order valence-corrected chi connectivity index (χ3v) is 6.42. The van der Waals surface area contributed by atoms with Gasteiger partial charge < -0.3 is 4.18 Å². The van der Waals surface area contributed by atoms with E-state index in [4.69, 9.17) is 4.18 Å². The molecule has 0 unspecified atom stereocenters. The van der Waals surface area contributed by atoms with E-state index < -0.39 is 20.1 Å². The van der Waals surface area contributed by atoms with E-state index in [0.717, 1.165) is 15.9 Å². The Balaban J connectivity index is 1.88. The van der Waals surface area contributed by atoms with Crippen LogP contribution in [0.5, 0.6) is 5.75 Å². The van der Waals surface area contributed by atoms with Crippen LogP contribution in [0, 0.1) is 6.07 Å². The van der Waals surface area contributed by atoms with Crippen molar-refractivity contribution < 1.29 is 21.0 Å². The van der Waals surface area contributed by atoms with Gasteiger partial charge in [-0.2, -0.15) is 13.5 Å². The Morgan fingerprint density at radius 1 is 0.931 bits per heavy atom. The molecule has 1 heterocycles. The predicted octanol–water partition coefficient (Wildman–Crippen LogP) is 3.08. The van der Waals surface area contributed by atoms with Gasteiger partial charge in [0, 0.05) is 17.2 Å². The maximum Gasteiger partial charge on any atom is 0.429 e. The maximum atomic E-state index is 13.0. The highest BCUT2D eigenvalue weighted by molar-refractivity contribution is 7.91. The summed E-state index contributed by atoms with van der Waals surface area (Å²) in [4.78, 5) is -0.225. The molecule has 0 N–H and O–H groups in total. The number of sulfone groups is 1. The van der Waals surface area contributed by atoms with Crippen LogP contribution in [0.1, 0.15) is 0 Å². The quantitative estimate of drug-likeness (QED) is 0.486.